The van der Waals surface area contributed by atoms with Gasteiger partial charge < -0.3 is 4.74 Å². The molecule has 0 spiro atoms. The molecule has 0 saturated carbocycles. The van der Waals surface area contributed by atoms with E-state index in [2.05, 4.69) is 10.3 Å². The van der Waals surface area contributed by atoms with Gasteiger partial charge in [0.1, 0.15) is 29.6 Å². The van der Waals surface area contributed by atoms with Crippen LogP contribution >= 0.6 is 11.6 Å². The van der Waals surface area contributed by atoms with E-state index in [9.17, 15) is 4.39 Å². The second-order valence-electron chi connectivity index (χ2n) is 6.16. The molecule has 0 bridgehead atoms. The highest BCUT2D eigenvalue weighted by Gasteiger charge is 2.21. The summed E-state index contributed by atoms with van der Waals surface area (Å²) in [5, 5.41) is 8.61. The van der Waals surface area contributed by atoms with Gasteiger partial charge in [0.2, 0.25) is 0 Å². The Morgan fingerprint density at radius 3 is 2.64 bits per heavy atom. The lowest BCUT2D eigenvalue weighted by Crippen LogP contribution is -2.10. The first-order chi connectivity index (χ1) is 12.0. The van der Waals surface area contributed by atoms with Gasteiger partial charge in [-0.1, -0.05) is 48.9 Å². The van der Waals surface area contributed by atoms with Crippen LogP contribution in [0.4, 0.5) is 4.39 Å². The second kappa shape index (κ2) is 7.23. The predicted molar refractivity (Wildman–Crippen MR) is 95.9 cm³/mol. The molecule has 130 valence electrons. The van der Waals surface area contributed by atoms with Crippen molar-refractivity contribution >= 4 is 11.6 Å². The highest BCUT2D eigenvalue weighted by molar-refractivity contribution is 6.32. The van der Waals surface area contributed by atoms with E-state index < -0.39 is 5.82 Å². The molecule has 1 aromatic heterocycles. The van der Waals surface area contributed by atoms with Crippen molar-refractivity contribution in [2.75, 3.05) is 0 Å². The molecule has 6 heteroatoms. The predicted octanol–water partition coefficient (Wildman–Crippen LogP) is 5.07. The number of benzene rings is 2. The monoisotopic (exact) mass is 359 g/mol. The van der Waals surface area contributed by atoms with E-state index >= 15 is 0 Å². The van der Waals surface area contributed by atoms with Gasteiger partial charge in [0.15, 0.2) is 0 Å². The fraction of sp³-hybridized carbons (Fsp3) is 0.263. The van der Waals surface area contributed by atoms with Crippen LogP contribution in [0.25, 0.3) is 5.69 Å². The quantitative estimate of drug-likeness (QED) is 0.638. The number of aromatic nitrogens is 3. The molecular formula is C19H19ClFN3O. The number of halogens is 2. The lowest BCUT2D eigenvalue weighted by Gasteiger charge is -2.13. The van der Waals surface area contributed by atoms with Gasteiger partial charge in [-0.2, -0.15) is 0 Å². The molecule has 0 amide bonds. The smallest absolute Gasteiger partial charge is 0.150 e. The van der Waals surface area contributed by atoms with Crippen LogP contribution < -0.4 is 4.74 Å². The van der Waals surface area contributed by atoms with E-state index in [0.717, 1.165) is 17.0 Å². The molecule has 0 aliphatic heterocycles. The number of para-hydroxylation sites is 1. The molecule has 1 heterocycles. The summed E-state index contributed by atoms with van der Waals surface area (Å²) in [5.41, 5.74) is 2.73. The van der Waals surface area contributed by atoms with Crippen LogP contribution in [0.2, 0.25) is 5.02 Å². The van der Waals surface area contributed by atoms with E-state index in [-0.39, 0.29) is 23.2 Å². The van der Waals surface area contributed by atoms with Gasteiger partial charge in [0.05, 0.1) is 10.7 Å². The van der Waals surface area contributed by atoms with E-state index in [4.69, 9.17) is 16.3 Å². The molecule has 3 aromatic rings. The summed E-state index contributed by atoms with van der Waals surface area (Å²) >= 11 is 6.19. The third-order valence-corrected chi connectivity index (χ3v) is 4.16. The number of nitrogens with zero attached hydrogens (tertiary/aromatic N) is 3. The van der Waals surface area contributed by atoms with Crippen LogP contribution in [-0.2, 0) is 6.61 Å². The highest BCUT2D eigenvalue weighted by atomic mass is 35.5. The largest absolute Gasteiger partial charge is 0.487 e. The zero-order valence-electron chi connectivity index (χ0n) is 14.3. The number of hydrogen-bond donors (Lipinski definition) is 0. The number of aryl methyl sites for hydroxylation is 1. The molecule has 0 radical (unpaired) electrons. The number of rotatable bonds is 5. The summed E-state index contributed by atoms with van der Waals surface area (Å²) in [4.78, 5) is 0. The topological polar surface area (TPSA) is 39.9 Å². The van der Waals surface area contributed by atoms with E-state index in [1.165, 1.54) is 10.7 Å². The molecule has 3 rings (SSSR count). The fourth-order valence-electron chi connectivity index (χ4n) is 2.62. The van der Waals surface area contributed by atoms with Crippen LogP contribution in [-0.4, -0.2) is 15.0 Å². The lowest BCUT2D eigenvalue weighted by atomic mass is 10.1. The zero-order valence-corrected chi connectivity index (χ0v) is 15.1. The van der Waals surface area contributed by atoms with Crippen LogP contribution in [0.3, 0.4) is 0 Å². The maximum absolute atomic E-state index is 14.3. The van der Waals surface area contributed by atoms with Crippen molar-refractivity contribution < 1.29 is 9.13 Å². The number of hydrogen-bond acceptors (Lipinski definition) is 3. The SMILES string of the molecule is Cc1cccc(OCc2c(C(C)C)nnn2-c2c(F)cccc2Cl)c1. The third kappa shape index (κ3) is 3.66. The molecule has 0 fully saturated rings. The van der Waals surface area contributed by atoms with Crippen molar-refractivity contribution in [3.05, 3.63) is 70.3 Å². The van der Waals surface area contributed by atoms with Gasteiger partial charge in [0, 0.05) is 0 Å². The van der Waals surface area contributed by atoms with Gasteiger partial charge >= 0.3 is 0 Å². The first-order valence-corrected chi connectivity index (χ1v) is 8.43. The minimum Gasteiger partial charge on any atom is -0.487 e. The van der Waals surface area contributed by atoms with Crippen molar-refractivity contribution in [2.45, 2.75) is 33.3 Å². The first kappa shape index (κ1) is 17.4. The molecular weight excluding hydrogens is 341 g/mol. The van der Waals surface area contributed by atoms with Crippen LogP contribution in [0.1, 0.15) is 36.7 Å². The zero-order chi connectivity index (χ0) is 18.0. The highest BCUT2D eigenvalue weighted by Crippen LogP contribution is 2.27. The summed E-state index contributed by atoms with van der Waals surface area (Å²) in [6, 6.07) is 12.3. The van der Waals surface area contributed by atoms with E-state index in [1.807, 2.05) is 45.0 Å². The van der Waals surface area contributed by atoms with Gasteiger partial charge in [-0.25, -0.2) is 9.07 Å². The Morgan fingerprint density at radius 1 is 1.20 bits per heavy atom. The maximum Gasteiger partial charge on any atom is 0.150 e. The minimum absolute atomic E-state index is 0.121. The molecule has 2 aromatic carbocycles. The average molecular weight is 360 g/mol. The van der Waals surface area contributed by atoms with Crippen molar-refractivity contribution in [2.24, 2.45) is 0 Å². The van der Waals surface area contributed by atoms with Crippen molar-refractivity contribution in [1.29, 1.82) is 0 Å². The molecule has 0 N–H and O–H groups in total. The number of ether oxygens (including phenoxy) is 1. The Bertz CT molecular complexity index is 872. The van der Waals surface area contributed by atoms with Crippen molar-refractivity contribution in [3.8, 4) is 11.4 Å². The molecule has 0 saturated heterocycles. The molecule has 0 atom stereocenters. The summed E-state index contributed by atoms with van der Waals surface area (Å²) < 4.78 is 21.7. The molecule has 4 nitrogen and oxygen atoms in total. The van der Waals surface area contributed by atoms with Crippen LogP contribution in [0, 0.1) is 12.7 Å². The molecule has 0 aliphatic carbocycles. The van der Waals surface area contributed by atoms with Gasteiger partial charge in [-0.15, -0.1) is 5.10 Å². The summed E-state index contributed by atoms with van der Waals surface area (Å²) in [7, 11) is 0. The normalized spacial score (nSPS) is 11.1. The van der Waals surface area contributed by atoms with Crippen molar-refractivity contribution in [1.82, 2.24) is 15.0 Å². The molecule has 0 aliphatic rings. The minimum atomic E-state index is -0.454. The standard InChI is InChI=1S/C19H19ClFN3O/c1-12(2)18-17(11-25-14-7-4-6-13(3)10-14)24(23-22-18)19-15(20)8-5-9-16(19)21/h4-10,12H,11H2,1-3H3. The lowest BCUT2D eigenvalue weighted by molar-refractivity contribution is 0.295. The fourth-order valence-corrected chi connectivity index (χ4v) is 2.87. The Hall–Kier alpha value is -2.40. The van der Waals surface area contributed by atoms with Gasteiger partial charge in [0.25, 0.3) is 0 Å². The summed E-state index contributed by atoms with van der Waals surface area (Å²) in [6.07, 6.45) is 0. The Morgan fingerprint density at radius 2 is 1.96 bits per heavy atom. The van der Waals surface area contributed by atoms with E-state index in [1.54, 1.807) is 12.1 Å². The Labute approximate surface area is 151 Å². The van der Waals surface area contributed by atoms with Crippen LogP contribution in [0.5, 0.6) is 5.75 Å². The van der Waals surface area contributed by atoms with E-state index in [0.29, 0.717) is 5.69 Å². The second-order valence-corrected chi connectivity index (χ2v) is 6.57. The summed E-state index contributed by atoms with van der Waals surface area (Å²) in [6.45, 7) is 6.23. The van der Waals surface area contributed by atoms with Crippen LogP contribution in [0.15, 0.2) is 42.5 Å². The van der Waals surface area contributed by atoms with Gasteiger partial charge in [-0.05, 0) is 42.7 Å². The Balaban J connectivity index is 2.01. The third-order valence-electron chi connectivity index (χ3n) is 3.85. The van der Waals surface area contributed by atoms with Crippen molar-refractivity contribution in [3.63, 3.8) is 0 Å². The average Bonchev–Trinajstić information content (AvgIpc) is 2.97. The first-order valence-electron chi connectivity index (χ1n) is 8.05. The maximum atomic E-state index is 14.3. The summed E-state index contributed by atoms with van der Waals surface area (Å²) in [5.74, 6) is 0.405. The van der Waals surface area contributed by atoms with Gasteiger partial charge in [-0.3, -0.25) is 0 Å². The molecule has 25 heavy (non-hydrogen) atoms. The Kier molecular flexibility index (Phi) is 5.04. The molecule has 0 unspecified atom stereocenters.